The summed E-state index contributed by atoms with van der Waals surface area (Å²) < 4.78 is 11.0. The smallest absolute Gasteiger partial charge is 0.222 e. The summed E-state index contributed by atoms with van der Waals surface area (Å²) in [5.74, 6) is 0.152. The molecule has 0 aromatic rings. The van der Waals surface area contributed by atoms with Crippen LogP contribution in [-0.2, 0) is 14.3 Å². The molecule has 0 unspecified atom stereocenters. The van der Waals surface area contributed by atoms with Crippen LogP contribution in [-0.4, -0.2) is 64.6 Å². The molecule has 0 fully saturated rings. The Hall–Kier alpha value is -0.690. The average molecular weight is 317 g/mol. The van der Waals surface area contributed by atoms with Gasteiger partial charge in [0.25, 0.3) is 0 Å². The van der Waals surface area contributed by atoms with Crippen LogP contribution in [0, 0.1) is 5.92 Å². The van der Waals surface area contributed by atoms with E-state index in [-0.39, 0.29) is 11.8 Å². The highest BCUT2D eigenvalue weighted by atomic mass is 16.5. The van der Waals surface area contributed by atoms with Crippen molar-refractivity contribution in [3.8, 4) is 0 Å². The Morgan fingerprint density at radius 3 is 2.05 bits per heavy atom. The van der Waals surface area contributed by atoms with Crippen molar-refractivity contribution in [1.29, 1.82) is 0 Å². The van der Waals surface area contributed by atoms with E-state index in [2.05, 4.69) is 29.8 Å². The van der Waals surface area contributed by atoms with E-state index in [0.717, 1.165) is 39.3 Å². The van der Waals surface area contributed by atoms with Crippen molar-refractivity contribution in [1.82, 2.24) is 16.0 Å². The summed E-state index contributed by atoms with van der Waals surface area (Å²) in [6.45, 7) is 14.1. The number of carbonyl (C=O) groups excluding carboxylic acids is 1. The molecule has 1 amide bonds. The third-order valence-corrected chi connectivity index (χ3v) is 2.93. The van der Waals surface area contributed by atoms with Crippen molar-refractivity contribution in [2.75, 3.05) is 52.6 Å². The molecule has 132 valence electrons. The second-order valence-corrected chi connectivity index (χ2v) is 5.88. The van der Waals surface area contributed by atoms with Crippen LogP contribution in [0.3, 0.4) is 0 Å². The van der Waals surface area contributed by atoms with Crippen LogP contribution < -0.4 is 16.0 Å². The quantitative estimate of drug-likeness (QED) is 0.389. The van der Waals surface area contributed by atoms with Crippen molar-refractivity contribution in [3.05, 3.63) is 0 Å². The number of hydrogen-bond acceptors (Lipinski definition) is 5. The number of carbonyl (C=O) groups is 1. The molecule has 0 spiro atoms. The zero-order valence-electron chi connectivity index (χ0n) is 14.7. The first-order chi connectivity index (χ1) is 10.5. The van der Waals surface area contributed by atoms with Gasteiger partial charge in [0.2, 0.25) is 5.91 Å². The minimum Gasteiger partial charge on any atom is -0.380 e. The molecule has 0 saturated carbocycles. The first-order valence-corrected chi connectivity index (χ1v) is 8.41. The predicted molar refractivity (Wildman–Crippen MR) is 90.1 cm³/mol. The van der Waals surface area contributed by atoms with Gasteiger partial charge in [0.15, 0.2) is 0 Å². The van der Waals surface area contributed by atoms with Gasteiger partial charge in [-0.3, -0.25) is 4.79 Å². The van der Waals surface area contributed by atoms with E-state index in [4.69, 9.17) is 9.47 Å². The molecule has 6 heteroatoms. The van der Waals surface area contributed by atoms with Gasteiger partial charge < -0.3 is 25.4 Å². The summed E-state index contributed by atoms with van der Waals surface area (Å²) in [7, 11) is 0. The molecule has 0 aliphatic carbocycles. The first kappa shape index (κ1) is 21.3. The average Bonchev–Trinajstić information content (AvgIpc) is 2.46. The van der Waals surface area contributed by atoms with Crippen LogP contribution in [0.4, 0.5) is 0 Å². The Kier molecular flexibility index (Phi) is 14.7. The molecule has 0 aliphatic rings. The summed E-state index contributed by atoms with van der Waals surface area (Å²) >= 11 is 0. The fraction of sp³-hybridized carbons (Fsp3) is 0.938. The Morgan fingerprint density at radius 1 is 0.864 bits per heavy atom. The molecular formula is C16H35N3O3. The van der Waals surface area contributed by atoms with Gasteiger partial charge in [0.05, 0.1) is 19.8 Å². The number of hydrogen-bond donors (Lipinski definition) is 3. The summed E-state index contributed by atoms with van der Waals surface area (Å²) in [4.78, 5) is 11.3. The van der Waals surface area contributed by atoms with E-state index >= 15 is 0 Å². The maximum absolute atomic E-state index is 11.3. The Bertz CT molecular complexity index is 261. The van der Waals surface area contributed by atoms with Crippen LogP contribution in [0.1, 0.15) is 34.1 Å². The van der Waals surface area contributed by atoms with Gasteiger partial charge >= 0.3 is 0 Å². The van der Waals surface area contributed by atoms with Gasteiger partial charge in [0, 0.05) is 44.7 Å². The van der Waals surface area contributed by atoms with E-state index in [1.807, 2.05) is 13.8 Å². The molecule has 0 saturated heterocycles. The Labute approximate surface area is 135 Å². The Morgan fingerprint density at radius 2 is 1.45 bits per heavy atom. The maximum Gasteiger partial charge on any atom is 0.222 e. The van der Waals surface area contributed by atoms with Crippen LogP contribution in [0.25, 0.3) is 0 Å². The van der Waals surface area contributed by atoms with E-state index in [1.54, 1.807) is 0 Å². The second kappa shape index (κ2) is 15.2. The highest BCUT2D eigenvalue weighted by molar-refractivity contribution is 5.77. The van der Waals surface area contributed by atoms with Gasteiger partial charge in [-0.15, -0.1) is 0 Å². The van der Waals surface area contributed by atoms with Gasteiger partial charge in [-0.05, 0) is 6.42 Å². The van der Waals surface area contributed by atoms with E-state index in [9.17, 15) is 4.79 Å². The summed E-state index contributed by atoms with van der Waals surface area (Å²) in [5, 5.41) is 9.44. The lowest BCUT2D eigenvalue weighted by Gasteiger charge is -2.10. The van der Waals surface area contributed by atoms with Gasteiger partial charge in [-0.25, -0.2) is 0 Å². The Balaban J connectivity index is 3.07. The van der Waals surface area contributed by atoms with Crippen LogP contribution in [0.15, 0.2) is 0 Å². The fourth-order valence-corrected chi connectivity index (χ4v) is 1.63. The lowest BCUT2D eigenvalue weighted by molar-refractivity contribution is -0.124. The highest BCUT2D eigenvalue weighted by Gasteiger charge is 2.04. The minimum absolute atomic E-state index is 0.0495. The zero-order chi connectivity index (χ0) is 16.6. The van der Waals surface area contributed by atoms with E-state index in [1.165, 1.54) is 0 Å². The minimum atomic E-state index is 0.0495. The van der Waals surface area contributed by atoms with Crippen LogP contribution in [0.2, 0.25) is 0 Å². The van der Waals surface area contributed by atoms with Crippen molar-refractivity contribution in [2.45, 2.75) is 40.2 Å². The molecular weight excluding hydrogens is 282 g/mol. The molecule has 22 heavy (non-hydrogen) atoms. The normalized spacial score (nSPS) is 11.4. The molecule has 6 nitrogen and oxygen atoms in total. The van der Waals surface area contributed by atoms with Gasteiger partial charge in [-0.2, -0.15) is 0 Å². The summed E-state index contributed by atoms with van der Waals surface area (Å²) in [5.41, 5.74) is 0. The number of rotatable bonds is 15. The van der Waals surface area contributed by atoms with Crippen molar-refractivity contribution >= 4 is 5.91 Å². The first-order valence-electron chi connectivity index (χ1n) is 8.41. The molecule has 0 atom stereocenters. The van der Waals surface area contributed by atoms with Crippen LogP contribution in [0.5, 0.6) is 0 Å². The molecule has 0 bridgehead atoms. The second-order valence-electron chi connectivity index (χ2n) is 5.88. The largest absolute Gasteiger partial charge is 0.380 e. The third kappa shape index (κ3) is 15.7. The molecule has 0 rings (SSSR count). The van der Waals surface area contributed by atoms with Crippen LogP contribution >= 0.6 is 0 Å². The summed E-state index contributed by atoms with van der Waals surface area (Å²) in [6, 6.07) is 0.512. The van der Waals surface area contributed by atoms with Gasteiger partial charge in [0.1, 0.15) is 0 Å². The number of amides is 1. The van der Waals surface area contributed by atoms with Gasteiger partial charge in [-0.1, -0.05) is 27.7 Å². The molecule has 3 N–H and O–H groups in total. The van der Waals surface area contributed by atoms with Crippen molar-refractivity contribution in [2.24, 2.45) is 5.92 Å². The number of ether oxygens (including phenoxy) is 2. The topological polar surface area (TPSA) is 71.6 Å². The zero-order valence-corrected chi connectivity index (χ0v) is 14.7. The predicted octanol–water partition coefficient (Wildman–Crippen LogP) is 0.770. The summed E-state index contributed by atoms with van der Waals surface area (Å²) in [6.07, 6.45) is 0.852. The van der Waals surface area contributed by atoms with Crippen molar-refractivity contribution in [3.63, 3.8) is 0 Å². The molecule has 0 aliphatic heterocycles. The standard InChI is InChI=1S/C16H35N3O3/c1-14(2)16(20)19-6-5-10-21-11-7-17-8-12-22-13-9-18-15(3)4/h14-15,17-18H,5-13H2,1-4H3,(H,19,20). The van der Waals surface area contributed by atoms with Crippen molar-refractivity contribution < 1.29 is 14.3 Å². The monoisotopic (exact) mass is 317 g/mol. The number of nitrogens with one attached hydrogen (secondary N) is 3. The molecule has 0 aromatic heterocycles. The lowest BCUT2D eigenvalue weighted by Crippen LogP contribution is -2.29. The SMILES string of the molecule is CC(C)NCCOCCNCCOCCCNC(=O)C(C)C. The maximum atomic E-state index is 11.3. The molecule has 0 heterocycles. The molecule has 0 aromatic carbocycles. The molecule has 0 radical (unpaired) electrons. The fourth-order valence-electron chi connectivity index (χ4n) is 1.63. The van der Waals surface area contributed by atoms with E-state index < -0.39 is 0 Å². The highest BCUT2D eigenvalue weighted by Crippen LogP contribution is 1.90. The van der Waals surface area contributed by atoms with E-state index in [0.29, 0.717) is 25.8 Å². The third-order valence-electron chi connectivity index (χ3n) is 2.93. The lowest BCUT2D eigenvalue weighted by atomic mass is 10.2.